The number of aromatic nitrogens is 2. The van der Waals surface area contributed by atoms with E-state index in [4.69, 9.17) is 0 Å². The van der Waals surface area contributed by atoms with E-state index in [1.807, 2.05) is 6.07 Å². The Hall–Kier alpha value is -1.94. The molecular weight excluding hydrogens is 236 g/mol. The average Bonchev–Trinajstić information content (AvgIpc) is 2.49. The maximum Gasteiger partial charge on any atom is 0.132 e. The summed E-state index contributed by atoms with van der Waals surface area (Å²) < 4.78 is 0. The first-order chi connectivity index (χ1) is 9.34. The van der Waals surface area contributed by atoms with Crippen molar-refractivity contribution in [2.24, 2.45) is 0 Å². The number of benzene rings is 1. The molecule has 0 unspecified atom stereocenters. The van der Waals surface area contributed by atoms with E-state index in [1.54, 1.807) is 12.5 Å². The molecule has 4 nitrogen and oxygen atoms in total. The largest absolute Gasteiger partial charge is 0.353 e. The normalized spacial score (nSPS) is 20.5. The number of rotatable bonds is 2. The van der Waals surface area contributed by atoms with Gasteiger partial charge in [0.25, 0.3) is 0 Å². The van der Waals surface area contributed by atoms with Gasteiger partial charge in [-0.3, -0.25) is 4.90 Å². The molecule has 98 valence electrons. The molecule has 0 bridgehead atoms. The summed E-state index contributed by atoms with van der Waals surface area (Å²) in [4.78, 5) is 13.1. The van der Waals surface area contributed by atoms with Crippen LogP contribution in [0.2, 0.25) is 0 Å². The highest BCUT2D eigenvalue weighted by Gasteiger charge is 2.26. The molecule has 1 aromatic heterocycles. The molecule has 19 heavy (non-hydrogen) atoms. The number of nitrogens with zero attached hydrogens (tertiary/aromatic N) is 4. The molecule has 0 N–H and O–H groups in total. The molecule has 1 aliphatic heterocycles. The smallest absolute Gasteiger partial charge is 0.132 e. The van der Waals surface area contributed by atoms with E-state index in [-0.39, 0.29) is 0 Å². The molecule has 0 spiro atoms. The number of hydrogen-bond donors (Lipinski definition) is 0. The van der Waals surface area contributed by atoms with E-state index in [1.165, 1.54) is 5.56 Å². The Balaban J connectivity index is 1.82. The second-order valence-corrected chi connectivity index (χ2v) is 4.92. The van der Waals surface area contributed by atoms with Gasteiger partial charge in [-0.25, -0.2) is 9.97 Å². The highest BCUT2D eigenvalue weighted by molar-refractivity contribution is 5.38. The van der Waals surface area contributed by atoms with Crippen molar-refractivity contribution >= 4 is 5.82 Å². The third-order valence-electron chi connectivity index (χ3n) is 3.72. The summed E-state index contributed by atoms with van der Waals surface area (Å²) in [6.45, 7) is 3.03. The lowest BCUT2D eigenvalue weighted by atomic mass is 10.0. The maximum atomic E-state index is 4.35. The lowest BCUT2D eigenvalue weighted by Gasteiger charge is -2.40. The first-order valence-electron chi connectivity index (χ1n) is 6.61. The molecule has 1 atom stereocenters. The van der Waals surface area contributed by atoms with Gasteiger partial charge in [-0.1, -0.05) is 30.3 Å². The summed E-state index contributed by atoms with van der Waals surface area (Å²) in [5.41, 5.74) is 1.36. The summed E-state index contributed by atoms with van der Waals surface area (Å²) in [5.74, 6) is 1.02. The van der Waals surface area contributed by atoms with Crippen molar-refractivity contribution < 1.29 is 0 Å². The molecule has 0 aliphatic carbocycles. The van der Waals surface area contributed by atoms with Gasteiger partial charge in [-0.2, -0.15) is 0 Å². The first-order valence-corrected chi connectivity index (χ1v) is 6.61. The van der Waals surface area contributed by atoms with E-state index in [9.17, 15) is 0 Å². The van der Waals surface area contributed by atoms with Crippen molar-refractivity contribution in [3.05, 3.63) is 54.5 Å². The zero-order valence-electron chi connectivity index (χ0n) is 11.1. The lowest BCUT2D eigenvalue weighted by molar-refractivity contribution is 0.220. The third kappa shape index (κ3) is 2.58. The number of hydrogen-bond acceptors (Lipinski definition) is 4. The second-order valence-electron chi connectivity index (χ2n) is 4.92. The Bertz CT molecular complexity index is 514. The van der Waals surface area contributed by atoms with E-state index in [0.717, 1.165) is 25.5 Å². The quantitative estimate of drug-likeness (QED) is 0.820. The van der Waals surface area contributed by atoms with Gasteiger partial charge < -0.3 is 4.90 Å². The lowest BCUT2D eigenvalue weighted by Crippen LogP contribution is -2.47. The fourth-order valence-corrected chi connectivity index (χ4v) is 2.59. The minimum Gasteiger partial charge on any atom is -0.353 e. The minimum absolute atomic E-state index is 0.421. The molecule has 1 saturated heterocycles. The highest BCUT2D eigenvalue weighted by atomic mass is 15.3. The van der Waals surface area contributed by atoms with Crippen molar-refractivity contribution in [1.82, 2.24) is 14.9 Å². The monoisotopic (exact) mass is 254 g/mol. The molecular formula is C15H18N4. The number of likely N-dealkylation sites (N-methyl/N-ethyl adjacent to an activating group) is 1. The molecule has 3 rings (SSSR count). The van der Waals surface area contributed by atoms with Gasteiger partial charge in [-0.05, 0) is 18.7 Å². The molecule has 2 heterocycles. The Kier molecular flexibility index (Phi) is 3.42. The van der Waals surface area contributed by atoms with Crippen LogP contribution in [0.25, 0.3) is 0 Å². The van der Waals surface area contributed by atoms with Gasteiger partial charge in [-0.15, -0.1) is 0 Å². The van der Waals surface area contributed by atoms with Gasteiger partial charge >= 0.3 is 0 Å². The fourth-order valence-electron chi connectivity index (χ4n) is 2.59. The van der Waals surface area contributed by atoms with Crippen molar-refractivity contribution in [3.8, 4) is 0 Å². The molecule has 0 radical (unpaired) electrons. The molecule has 0 saturated carbocycles. The molecule has 1 aromatic carbocycles. The standard InChI is InChI=1S/C15H18N4/c1-18-9-10-19(15-7-8-16-12-17-15)11-14(18)13-5-3-2-4-6-13/h2-8,12,14H,9-11H2,1H3/t14-/m1/s1. The van der Waals surface area contributed by atoms with Gasteiger partial charge in [0.1, 0.15) is 12.1 Å². The molecule has 2 aromatic rings. The van der Waals surface area contributed by atoms with E-state index in [0.29, 0.717) is 6.04 Å². The summed E-state index contributed by atoms with van der Waals surface area (Å²) in [6.07, 6.45) is 3.42. The molecule has 1 fully saturated rings. The van der Waals surface area contributed by atoms with Crippen molar-refractivity contribution in [1.29, 1.82) is 0 Å². The summed E-state index contributed by atoms with van der Waals surface area (Å²) in [5, 5.41) is 0. The zero-order chi connectivity index (χ0) is 13.1. The average molecular weight is 254 g/mol. The van der Waals surface area contributed by atoms with Crippen LogP contribution in [0.3, 0.4) is 0 Å². The highest BCUT2D eigenvalue weighted by Crippen LogP contribution is 2.25. The topological polar surface area (TPSA) is 32.3 Å². The van der Waals surface area contributed by atoms with Gasteiger partial charge in [0.05, 0.1) is 6.04 Å². The number of anilines is 1. The van der Waals surface area contributed by atoms with Crippen LogP contribution in [0.4, 0.5) is 5.82 Å². The Morgan fingerprint density at radius 2 is 1.95 bits per heavy atom. The number of piperazine rings is 1. The minimum atomic E-state index is 0.421. The van der Waals surface area contributed by atoms with Crippen LogP contribution in [0, 0.1) is 0 Å². The van der Waals surface area contributed by atoms with E-state index < -0.39 is 0 Å². The predicted molar refractivity (Wildman–Crippen MR) is 76.1 cm³/mol. The maximum absolute atomic E-state index is 4.35. The van der Waals surface area contributed by atoms with Crippen molar-refractivity contribution in [2.45, 2.75) is 6.04 Å². The Morgan fingerprint density at radius 1 is 1.11 bits per heavy atom. The summed E-state index contributed by atoms with van der Waals surface area (Å²) >= 11 is 0. The van der Waals surface area contributed by atoms with Crippen LogP contribution in [0.5, 0.6) is 0 Å². The van der Waals surface area contributed by atoms with E-state index in [2.05, 4.69) is 57.1 Å². The van der Waals surface area contributed by atoms with Gasteiger partial charge in [0.2, 0.25) is 0 Å². The summed E-state index contributed by atoms with van der Waals surface area (Å²) in [6, 6.07) is 13.1. The van der Waals surface area contributed by atoms with E-state index >= 15 is 0 Å². The van der Waals surface area contributed by atoms with Crippen LogP contribution >= 0.6 is 0 Å². The van der Waals surface area contributed by atoms with Gasteiger partial charge in [0.15, 0.2) is 0 Å². The zero-order valence-corrected chi connectivity index (χ0v) is 11.1. The Labute approximate surface area is 113 Å². The predicted octanol–water partition coefficient (Wildman–Crippen LogP) is 1.97. The van der Waals surface area contributed by atoms with Crippen molar-refractivity contribution in [2.75, 3.05) is 31.6 Å². The fraction of sp³-hybridized carbons (Fsp3) is 0.333. The van der Waals surface area contributed by atoms with Crippen LogP contribution in [-0.4, -0.2) is 41.5 Å². The van der Waals surface area contributed by atoms with Crippen LogP contribution in [0.1, 0.15) is 11.6 Å². The molecule has 0 amide bonds. The van der Waals surface area contributed by atoms with Crippen LogP contribution < -0.4 is 4.90 Å². The molecule has 1 aliphatic rings. The van der Waals surface area contributed by atoms with Crippen molar-refractivity contribution in [3.63, 3.8) is 0 Å². The third-order valence-corrected chi connectivity index (χ3v) is 3.72. The van der Waals surface area contributed by atoms with Crippen LogP contribution in [-0.2, 0) is 0 Å². The van der Waals surface area contributed by atoms with Crippen LogP contribution in [0.15, 0.2) is 48.9 Å². The SMILES string of the molecule is CN1CCN(c2ccncn2)C[C@@H]1c1ccccc1. The summed E-state index contributed by atoms with van der Waals surface area (Å²) in [7, 11) is 2.19. The second kappa shape index (κ2) is 5.36. The van der Waals surface area contributed by atoms with Gasteiger partial charge in [0, 0.05) is 25.8 Å². The first kappa shape index (κ1) is 12.1. The Morgan fingerprint density at radius 3 is 2.68 bits per heavy atom. The molecule has 4 heteroatoms.